The van der Waals surface area contributed by atoms with Crippen LogP contribution in [0.1, 0.15) is 30.9 Å². The van der Waals surface area contributed by atoms with Gasteiger partial charge < -0.3 is 10.1 Å². The van der Waals surface area contributed by atoms with Crippen LogP contribution < -0.4 is 14.4 Å². The molecule has 9 heteroatoms. The Kier molecular flexibility index (Phi) is 9.59. The van der Waals surface area contributed by atoms with Gasteiger partial charge in [0.1, 0.15) is 11.6 Å². The number of nitrogens with zero attached hydrogens (tertiary/aromatic N) is 2. The zero-order valence-electron chi connectivity index (χ0n) is 22.4. The van der Waals surface area contributed by atoms with Crippen molar-refractivity contribution >= 4 is 21.6 Å². The van der Waals surface area contributed by atoms with Crippen LogP contribution in [0.3, 0.4) is 0 Å². The normalized spacial score (nSPS) is 15.5. The van der Waals surface area contributed by atoms with Crippen LogP contribution >= 0.6 is 0 Å². The monoisotopic (exact) mass is 553 g/mol. The van der Waals surface area contributed by atoms with Gasteiger partial charge in [-0.2, -0.15) is 0 Å². The van der Waals surface area contributed by atoms with Crippen LogP contribution in [0.4, 0.5) is 10.1 Å². The van der Waals surface area contributed by atoms with Crippen molar-refractivity contribution in [2.24, 2.45) is 0 Å². The molecule has 1 amide bonds. The van der Waals surface area contributed by atoms with E-state index in [1.807, 2.05) is 37.3 Å². The molecule has 0 radical (unpaired) electrons. The summed E-state index contributed by atoms with van der Waals surface area (Å²) in [5, 5.41) is 3.14. The van der Waals surface area contributed by atoms with E-state index in [9.17, 15) is 17.6 Å². The SMILES string of the molecule is COc1ccc(CC(=O)NC2CCN([C@@H](C)CN(c3cccc(F)c3)S(=O)(=O)Cc3ccccc3)CC2)cc1. The van der Waals surface area contributed by atoms with Gasteiger partial charge in [0.2, 0.25) is 15.9 Å². The van der Waals surface area contributed by atoms with Gasteiger partial charge in [-0.1, -0.05) is 48.5 Å². The molecule has 1 aliphatic rings. The number of likely N-dealkylation sites (tertiary alicyclic amines) is 1. The Morgan fingerprint density at radius 3 is 2.36 bits per heavy atom. The number of sulfonamides is 1. The zero-order chi connectivity index (χ0) is 27.8. The first-order chi connectivity index (χ1) is 18.7. The number of hydrogen-bond donors (Lipinski definition) is 1. The lowest BCUT2D eigenvalue weighted by molar-refractivity contribution is -0.121. The molecule has 0 aliphatic carbocycles. The minimum atomic E-state index is -3.76. The first-order valence-corrected chi connectivity index (χ1v) is 14.8. The van der Waals surface area contributed by atoms with Gasteiger partial charge in [0.15, 0.2) is 0 Å². The summed E-state index contributed by atoms with van der Waals surface area (Å²) in [7, 11) is -2.16. The number of anilines is 1. The number of piperidine rings is 1. The van der Waals surface area contributed by atoms with Gasteiger partial charge in [0.05, 0.1) is 25.0 Å². The molecule has 1 aliphatic heterocycles. The van der Waals surface area contributed by atoms with Crippen molar-refractivity contribution in [1.29, 1.82) is 0 Å². The number of hydrogen-bond acceptors (Lipinski definition) is 5. The molecule has 0 unspecified atom stereocenters. The number of halogens is 1. The van der Waals surface area contributed by atoms with Crippen molar-refractivity contribution in [1.82, 2.24) is 10.2 Å². The summed E-state index contributed by atoms with van der Waals surface area (Å²) >= 11 is 0. The summed E-state index contributed by atoms with van der Waals surface area (Å²) in [4.78, 5) is 14.8. The first kappa shape index (κ1) is 28.6. The molecule has 3 aromatic carbocycles. The number of methoxy groups -OCH3 is 1. The van der Waals surface area contributed by atoms with Crippen LogP contribution in [-0.4, -0.2) is 58.1 Å². The maximum atomic E-state index is 14.1. The molecule has 1 fully saturated rings. The van der Waals surface area contributed by atoms with E-state index in [1.54, 1.807) is 37.4 Å². The lowest BCUT2D eigenvalue weighted by Gasteiger charge is -2.38. The smallest absolute Gasteiger partial charge is 0.239 e. The quantitative estimate of drug-likeness (QED) is 0.381. The number of amides is 1. The molecule has 4 rings (SSSR count). The van der Waals surface area contributed by atoms with Crippen molar-refractivity contribution in [3.63, 3.8) is 0 Å². The zero-order valence-corrected chi connectivity index (χ0v) is 23.2. The molecule has 0 bridgehead atoms. The Bertz CT molecular complexity index is 1330. The van der Waals surface area contributed by atoms with Crippen molar-refractivity contribution in [2.75, 3.05) is 31.0 Å². The van der Waals surface area contributed by atoms with Crippen molar-refractivity contribution in [3.05, 3.63) is 95.8 Å². The highest BCUT2D eigenvalue weighted by Crippen LogP contribution is 2.24. The Labute approximate surface area is 230 Å². The third-order valence-corrected chi connectivity index (χ3v) is 8.83. The molecule has 0 aromatic heterocycles. The predicted octanol–water partition coefficient (Wildman–Crippen LogP) is 4.38. The summed E-state index contributed by atoms with van der Waals surface area (Å²) in [5.41, 5.74) is 1.92. The number of carbonyl (C=O) groups excluding carboxylic acids is 1. The van der Waals surface area contributed by atoms with Crippen LogP contribution in [-0.2, 0) is 27.0 Å². The van der Waals surface area contributed by atoms with Gasteiger partial charge in [-0.3, -0.25) is 14.0 Å². The number of nitrogens with one attached hydrogen (secondary N) is 1. The van der Waals surface area contributed by atoms with Crippen LogP contribution in [0.15, 0.2) is 78.9 Å². The first-order valence-electron chi connectivity index (χ1n) is 13.2. The molecule has 0 saturated carbocycles. The fourth-order valence-corrected chi connectivity index (χ4v) is 6.57. The number of rotatable bonds is 11. The molecular weight excluding hydrogens is 517 g/mol. The molecule has 1 saturated heterocycles. The van der Waals surface area contributed by atoms with Crippen molar-refractivity contribution in [2.45, 2.75) is 44.0 Å². The van der Waals surface area contributed by atoms with E-state index in [1.165, 1.54) is 22.5 Å². The highest BCUT2D eigenvalue weighted by Gasteiger charge is 2.29. The Balaban J connectivity index is 1.36. The van der Waals surface area contributed by atoms with Gasteiger partial charge in [-0.25, -0.2) is 12.8 Å². The second-order valence-electron chi connectivity index (χ2n) is 10.0. The molecule has 1 heterocycles. The van der Waals surface area contributed by atoms with Gasteiger partial charge in [-0.05, 0) is 61.2 Å². The van der Waals surface area contributed by atoms with E-state index in [0.29, 0.717) is 17.7 Å². The number of benzene rings is 3. The Morgan fingerprint density at radius 1 is 1.03 bits per heavy atom. The fraction of sp³-hybridized carbons (Fsp3) is 0.367. The Hall–Kier alpha value is -3.43. The van der Waals surface area contributed by atoms with Gasteiger partial charge in [-0.15, -0.1) is 0 Å². The van der Waals surface area contributed by atoms with Gasteiger partial charge in [0.25, 0.3) is 0 Å². The topological polar surface area (TPSA) is 79.0 Å². The standard InChI is InChI=1S/C30H36FN3O4S/c1-23(33-17-15-27(16-18-33)32-30(35)19-24-11-13-29(38-2)14-12-24)21-34(28-10-6-9-26(31)20-28)39(36,37)22-25-7-4-3-5-8-25/h3-14,20,23,27H,15-19,21-22H2,1-2H3,(H,32,35)/t23-/m0/s1. The molecule has 3 aromatic rings. The maximum absolute atomic E-state index is 14.1. The molecule has 1 N–H and O–H groups in total. The van der Waals surface area contributed by atoms with E-state index in [2.05, 4.69) is 10.2 Å². The summed E-state index contributed by atoms with van der Waals surface area (Å²) in [6.45, 7) is 3.65. The molecular formula is C30H36FN3O4S. The average molecular weight is 554 g/mol. The molecule has 7 nitrogen and oxygen atoms in total. The summed E-state index contributed by atoms with van der Waals surface area (Å²) in [6.07, 6.45) is 1.85. The lowest BCUT2D eigenvalue weighted by atomic mass is 10.0. The highest BCUT2D eigenvalue weighted by atomic mass is 32.2. The van der Waals surface area contributed by atoms with E-state index in [4.69, 9.17) is 4.74 Å². The van der Waals surface area contributed by atoms with E-state index >= 15 is 0 Å². The molecule has 1 atom stereocenters. The maximum Gasteiger partial charge on any atom is 0.239 e. The third-order valence-electron chi connectivity index (χ3n) is 7.10. The minimum absolute atomic E-state index is 0.0176. The summed E-state index contributed by atoms with van der Waals surface area (Å²) in [5.74, 6) is 0.0889. The summed E-state index contributed by atoms with van der Waals surface area (Å²) in [6, 6.07) is 22.2. The predicted molar refractivity (Wildman–Crippen MR) is 152 cm³/mol. The molecule has 39 heavy (non-hydrogen) atoms. The highest BCUT2D eigenvalue weighted by molar-refractivity contribution is 7.92. The fourth-order valence-electron chi connectivity index (χ4n) is 4.92. The van der Waals surface area contributed by atoms with E-state index in [0.717, 1.165) is 37.2 Å². The second-order valence-corrected chi connectivity index (χ2v) is 11.9. The molecule has 0 spiro atoms. The van der Waals surface area contributed by atoms with Gasteiger partial charge >= 0.3 is 0 Å². The average Bonchev–Trinajstić information content (AvgIpc) is 2.92. The molecule has 208 valence electrons. The summed E-state index contributed by atoms with van der Waals surface area (Å²) < 4.78 is 47.6. The number of ether oxygens (including phenoxy) is 1. The van der Waals surface area contributed by atoms with E-state index in [-0.39, 0.29) is 30.3 Å². The largest absolute Gasteiger partial charge is 0.497 e. The third kappa shape index (κ3) is 8.03. The van der Waals surface area contributed by atoms with Crippen molar-refractivity contribution in [3.8, 4) is 5.75 Å². The van der Waals surface area contributed by atoms with E-state index < -0.39 is 15.8 Å². The minimum Gasteiger partial charge on any atom is -0.497 e. The van der Waals surface area contributed by atoms with Crippen LogP contribution in [0, 0.1) is 5.82 Å². The van der Waals surface area contributed by atoms with Crippen LogP contribution in [0.5, 0.6) is 5.75 Å². The second kappa shape index (κ2) is 13.1. The van der Waals surface area contributed by atoms with Crippen LogP contribution in [0.2, 0.25) is 0 Å². The van der Waals surface area contributed by atoms with Crippen LogP contribution in [0.25, 0.3) is 0 Å². The van der Waals surface area contributed by atoms with Gasteiger partial charge in [0, 0.05) is 31.7 Å². The Morgan fingerprint density at radius 2 is 1.72 bits per heavy atom. The lowest BCUT2D eigenvalue weighted by Crippen LogP contribution is -2.51. The number of carbonyl (C=O) groups is 1. The van der Waals surface area contributed by atoms with Crippen molar-refractivity contribution < 1.29 is 22.3 Å².